The topological polar surface area (TPSA) is 0 Å². The Balaban J connectivity index is 1.31. The highest BCUT2D eigenvalue weighted by Crippen LogP contribution is 2.50. The molecule has 3 aliphatic carbocycles. The van der Waals surface area contributed by atoms with Gasteiger partial charge in [-0.25, -0.2) is 8.78 Å². The van der Waals surface area contributed by atoms with Crippen LogP contribution in [-0.4, -0.2) is 0 Å². The van der Waals surface area contributed by atoms with Crippen molar-refractivity contribution in [1.29, 1.82) is 0 Å². The van der Waals surface area contributed by atoms with Gasteiger partial charge in [0.25, 0.3) is 0 Å². The van der Waals surface area contributed by atoms with E-state index in [1.54, 1.807) is 12.1 Å². The molecule has 2 heteroatoms. The number of hydrogen-bond acceptors (Lipinski definition) is 0. The quantitative estimate of drug-likeness (QED) is 0.462. The van der Waals surface area contributed by atoms with Crippen molar-refractivity contribution < 1.29 is 8.78 Å². The van der Waals surface area contributed by atoms with Gasteiger partial charge in [-0.3, -0.25) is 0 Å². The van der Waals surface area contributed by atoms with Gasteiger partial charge in [0.2, 0.25) is 0 Å². The van der Waals surface area contributed by atoms with Crippen LogP contribution >= 0.6 is 0 Å². The lowest BCUT2D eigenvalue weighted by Gasteiger charge is -2.45. The number of fused-ring (bicyclic) bond motifs is 1. The van der Waals surface area contributed by atoms with Crippen LogP contribution in [0.25, 0.3) is 0 Å². The van der Waals surface area contributed by atoms with Crippen LogP contribution < -0.4 is 0 Å². The van der Waals surface area contributed by atoms with E-state index in [2.05, 4.69) is 19.1 Å². The maximum absolute atomic E-state index is 14.0. The summed E-state index contributed by atoms with van der Waals surface area (Å²) in [6.07, 6.45) is 17.8. The van der Waals surface area contributed by atoms with E-state index in [1.807, 2.05) is 0 Å². The summed E-state index contributed by atoms with van der Waals surface area (Å²) >= 11 is 0. The monoisotopic (exact) mass is 386 g/mol. The first-order chi connectivity index (χ1) is 13.5. The Bertz CT molecular complexity index is 675. The van der Waals surface area contributed by atoms with E-state index in [4.69, 9.17) is 0 Å². The molecule has 0 heterocycles. The lowest BCUT2D eigenvalue weighted by molar-refractivity contribution is 0.0718. The van der Waals surface area contributed by atoms with E-state index in [0.29, 0.717) is 5.92 Å². The van der Waals surface area contributed by atoms with E-state index >= 15 is 0 Å². The second kappa shape index (κ2) is 8.67. The van der Waals surface area contributed by atoms with Crippen LogP contribution in [0.2, 0.25) is 0 Å². The Kier molecular flexibility index (Phi) is 6.23. The van der Waals surface area contributed by atoms with Crippen molar-refractivity contribution in [2.24, 2.45) is 29.6 Å². The van der Waals surface area contributed by atoms with E-state index in [-0.39, 0.29) is 17.2 Å². The average Bonchev–Trinajstić information content (AvgIpc) is 2.71. The van der Waals surface area contributed by atoms with Gasteiger partial charge in [-0.2, -0.15) is 0 Å². The number of benzene rings is 1. The van der Waals surface area contributed by atoms with Gasteiger partial charge >= 0.3 is 0 Å². The fourth-order valence-electron chi connectivity index (χ4n) is 6.66. The molecule has 1 aromatic carbocycles. The summed E-state index contributed by atoms with van der Waals surface area (Å²) in [6.45, 7) is 3.67. The van der Waals surface area contributed by atoms with Gasteiger partial charge in [-0.05, 0) is 131 Å². The molecule has 4 rings (SSSR count). The summed E-state index contributed by atoms with van der Waals surface area (Å²) in [4.78, 5) is 0. The molecule has 0 spiro atoms. The summed E-state index contributed by atoms with van der Waals surface area (Å²) in [5.41, 5.74) is 1.03. The number of hydrogen-bond donors (Lipinski definition) is 0. The minimum absolute atomic E-state index is 0.151. The van der Waals surface area contributed by atoms with E-state index < -0.39 is 0 Å². The second-order valence-corrected chi connectivity index (χ2v) is 9.91. The third kappa shape index (κ3) is 4.21. The molecule has 0 saturated heterocycles. The molecule has 0 nitrogen and oxygen atoms in total. The minimum Gasteiger partial charge on any atom is -0.207 e. The zero-order chi connectivity index (χ0) is 19.7. The maximum atomic E-state index is 14.0. The molecule has 3 saturated carbocycles. The standard InChI is InChI=1S/C26H36F2/c1-3-4-18-5-6-23-14-22(12-11-21(23)13-18)19-7-9-20(10-8-19)24-15-25(27)17(2)26(28)16-24/h3-4,15-16,18-23H,5-14H2,1-2H3/b4-3+. The fraction of sp³-hybridized carbons (Fsp3) is 0.692. The molecule has 0 bridgehead atoms. The van der Waals surface area contributed by atoms with Gasteiger partial charge in [0, 0.05) is 5.56 Å². The van der Waals surface area contributed by atoms with Crippen LogP contribution in [-0.2, 0) is 0 Å². The molecule has 3 aliphatic rings. The first-order valence-corrected chi connectivity index (χ1v) is 11.6. The highest BCUT2D eigenvalue weighted by molar-refractivity contribution is 5.28. The third-order valence-electron chi connectivity index (χ3n) is 8.37. The molecule has 0 N–H and O–H groups in total. The molecule has 1 aromatic rings. The zero-order valence-electron chi connectivity index (χ0n) is 17.6. The number of rotatable bonds is 3. The number of allylic oxidation sites excluding steroid dienone is 2. The molecule has 0 radical (unpaired) electrons. The highest BCUT2D eigenvalue weighted by atomic mass is 19.1. The van der Waals surface area contributed by atoms with Crippen molar-refractivity contribution in [2.45, 2.75) is 84.0 Å². The Morgan fingerprint density at radius 3 is 1.93 bits per heavy atom. The van der Waals surface area contributed by atoms with Crippen molar-refractivity contribution in [2.75, 3.05) is 0 Å². The SMILES string of the molecule is C/C=C/C1CCC2CC(C3CCC(c4cc(F)c(C)c(F)c4)CC3)CCC2C1. The van der Waals surface area contributed by atoms with Crippen LogP contribution in [0.15, 0.2) is 24.3 Å². The van der Waals surface area contributed by atoms with Crippen molar-refractivity contribution in [3.63, 3.8) is 0 Å². The Labute approximate surface area is 169 Å². The van der Waals surface area contributed by atoms with Crippen LogP contribution in [0.1, 0.15) is 88.2 Å². The largest absolute Gasteiger partial charge is 0.207 e. The highest BCUT2D eigenvalue weighted by Gasteiger charge is 2.38. The van der Waals surface area contributed by atoms with Crippen LogP contribution in [0, 0.1) is 48.1 Å². The molecule has 0 aliphatic heterocycles. The van der Waals surface area contributed by atoms with Gasteiger partial charge in [0.15, 0.2) is 0 Å². The molecule has 4 unspecified atom stereocenters. The molecule has 0 aromatic heterocycles. The van der Waals surface area contributed by atoms with Gasteiger partial charge in [-0.15, -0.1) is 0 Å². The van der Waals surface area contributed by atoms with Crippen molar-refractivity contribution in [1.82, 2.24) is 0 Å². The number of halogens is 2. The predicted octanol–water partition coefficient (Wildman–Crippen LogP) is 7.96. The van der Waals surface area contributed by atoms with Crippen LogP contribution in [0.5, 0.6) is 0 Å². The molecule has 0 amide bonds. The smallest absolute Gasteiger partial charge is 0.129 e. The lowest BCUT2D eigenvalue weighted by atomic mass is 9.61. The van der Waals surface area contributed by atoms with Gasteiger partial charge in [0.05, 0.1) is 0 Å². The van der Waals surface area contributed by atoms with Gasteiger partial charge < -0.3 is 0 Å². The summed E-state index contributed by atoms with van der Waals surface area (Å²) in [5.74, 6) is 4.05. The van der Waals surface area contributed by atoms with E-state index in [0.717, 1.165) is 48.0 Å². The van der Waals surface area contributed by atoms with Crippen molar-refractivity contribution in [3.05, 3.63) is 47.0 Å². The van der Waals surface area contributed by atoms with Crippen molar-refractivity contribution >= 4 is 0 Å². The molecule has 28 heavy (non-hydrogen) atoms. The molecule has 4 atom stereocenters. The molecular weight excluding hydrogens is 350 g/mol. The molecule has 3 fully saturated rings. The average molecular weight is 387 g/mol. The van der Waals surface area contributed by atoms with Crippen LogP contribution in [0.4, 0.5) is 8.78 Å². The minimum atomic E-state index is -0.385. The summed E-state index contributed by atoms with van der Waals surface area (Å²) < 4.78 is 27.9. The third-order valence-corrected chi connectivity index (χ3v) is 8.37. The second-order valence-electron chi connectivity index (χ2n) is 9.91. The van der Waals surface area contributed by atoms with Gasteiger partial charge in [0.1, 0.15) is 11.6 Å². The summed E-state index contributed by atoms with van der Waals surface area (Å²) in [6, 6.07) is 3.16. The van der Waals surface area contributed by atoms with E-state index in [9.17, 15) is 8.78 Å². The lowest BCUT2D eigenvalue weighted by Crippen LogP contribution is -2.34. The summed E-state index contributed by atoms with van der Waals surface area (Å²) in [7, 11) is 0. The fourth-order valence-corrected chi connectivity index (χ4v) is 6.66. The first kappa shape index (κ1) is 20.1. The van der Waals surface area contributed by atoms with Crippen LogP contribution in [0.3, 0.4) is 0 Å². The maximum Gasteiger partial charge on any atom is 0.129 e. The van der Waals surface area contributed by atoms with E-state index in [1.165, 1.54) is 58.3 Å². The Morgan fingerprint density at radius 1 is 0.750 bits per heavy atom. The predicted molar refractivity (Wildman–Crippen MR) is 112 cm³/mol. The Morgan fingerprint density at radius 2 is 1.29 bits per heavy atom. The normalized spacial score (nSPS) is 36.4. The van der Waals surface area contributed by atoms with Gasteiger partial charge in [-0.1, -0.05) is 12.2 Å². The first-order valence-electron chi connectivity index (χ1n) is 11.6. The Hall–Kier alpha value is -1.18. The molecular formula is C26H36F2. The summed E-state index contributed by atoms with van der Waals surface area (Å²) in [5, 5.41) is 0. The zero-order valence-corrected chi connectivity index (χ0v) is 17.6. The van der Waals surface area contributed by atoms with Crippen molar-refractivity contribution in [3.8, 4) is 0 Å². The molecule has 154 valence electrons.